The first-order valence-corrected chi connectivity index (χ1v) is 3.55. The highest BCUT2D eigenvalue weighted by atomic mass is 19.1. The molecular weight excluding hydrogens is 135 g/mol. The number of hydrogen-bond acceptors (Lipinski definition) is 1. The third-order valence-corrected chi connectivity index (χ3v) is 2.62. The Bertz CT molecular complexity index is 188. The van der Waals surface area contributed by atoms with Crippen LogP contribution in [0.25, 0.3) is 0 Å². The molecule has 3 heteroatoms. The van der Waals surface area contributed by atoms with E-state index in [0.717, 1.165) is 12.8 Å². The topological polar surface area (TPSA) is 37.3 Å². The van der Waals surface area contributed by atoms with Crippen molar-refractivity contribution in [2.45, 2.75) is 25.4 Å². The van der Waals surface area contributed by atoms with Gasteiger partial charge in [0.25, 0.3) is 0 Å². The molecule has 0 aromatic rings. The highest BCUT2D eigenvalue weighted by Crippen LogP contribution is 2.62. The smallest absolute Gasteiger partial charge is 0.313 e. The van der Waals surface area contributed by atoms with Gasteiger partial charge in [-0.05, 0) is 25.2 Å². The molecule has 0 heterocycles. The summed E-state index contributed by atoms with van der Waals surface area (Å²) in [5.41, 5.74) is -0.931. The van der Waals surface area contributed by atoms with E-state index in [1.54, 1.807) is 0 Å². The van der Waals surface area contributed by atoms with Crippen LogP contribution in [0.4, 0.5) is 4.39 Å². The van der Waals surface area contributed by atoms with Crippen molar-refractivity contribution in [1.82, 2.24) is 0 Å². The van der Waals surface area contributed by atoms with Crippen molar-refractivity contribution in [3.8, 4) is 0 Å². The van der Waals surface area contributed by atoms with Gasteiger partial charge in [-0.3, -0.25) is 4.79 Å². The predicted octanol–water partition coefficient (Wildman–Crippen LogP) is 1.21. The van der Waals surface area contributed by atoms with Gasteiger partial charge in [0.15, 0.2) is 0 Å². The molecule has 10 heavy (non-hydrogen) atoms. The molecule has 2 saturated carbocycles. The Labute approximate surface area is 58.0 Å². The molecular formula is C7H9FO2. The summed E-state index contributed by atoms with van der Waals surface area (Å²) in [5.74, 6) is -0.775. The summed E-state index contributed by atoms with van der Waals surface area (Å²) in [4.78, 5) is 10.5. The minimum atomic E-state index is -1.06. The van der Waals surface area contributed by atoms with Gasteiger partial charge in [-0.1, -0.05) is 0 Å². The largest absolute Gasteiger partial charge is 0.481 e. The van der Waals surface area contributed by atoms with Crippen LogP contribution in [0.5, 0.6) is 0 Å². The van der Waals surface area contributed by atoms with E-state index < -0.39 is 17.6 Å². The second-order valence-electron chi connectivity index (χ2n) is 3.29. The number of rotatable bonds is 2. The normalized spacial score (nSPS) is 45.1. The van der Waals surface area contributed by atoms with Crippen LogP contribution in [0.3, 0.4) is 0 Å². The van der Waals surface area contributed by atoms with E-state index in [0.29, 0.717) is 0 Å². The predicted molar refractivity (Wildman–Crippen MR) is 32.3 cm³/mol. The van der Waals surface area contributed by atoms with Crippen molar-refractivity contribution < 1.29 is 14.3 Å². The number of carboxylic acids is 1. The lowest BCUT2D eigenvalue weighted by Crippen LogP contribution is -2.20. The fourth-order valence-electron chi connectivity index (χ4n) is 1.65. The first kappa shape index (κ1) is 6.13. The number of aliphatic carboxylic acids is 1. The maximum absolute atomic E-state index is 12.6. The highest BCUT2D eigenvalue weighted by molar-refractivity contribution is 5.80. The molecule has 0 aromatic carbocycles. The molecule has 0 aliphatic heterocycles. The van der Waals surface area contributed by atoms with E-state index in [1.807, 2.05) is 0 Å². The standard InChI is InChI=1S/C7H9FO2/c8-5-3-7(5,6(9)10)4-1-2-4/h4-5H,1-3H2,(H,9,10)/t5-,7+/m1/s1. The summed E-state index contributed by atoms with van der Waals surface area (Å²) in [6, 6.07) is 0. The Kier molecular flexibility index (Phi) is 0.932. The molecule has 0 unspecified atom stereocenters. The average Bonchev–Trinajstić information content (AvgIpc) is 2.55. The number of carboxylic acid groups (broad SMARTS) is 1. The maximum atomic E-state index is 12.6. The third-order valence-electron chi connectivity index (χ3n) is 2.62. The van der Waals surface area contributed by atoms with Crippen LogP contribution in [0.15, 0.2) is 0 Å². The lowest BCUT2D eigenvalue weighted by Gasteiger charge is -2.05. The lowest BCUT2D eigenvalue weighted by molar-refractivity contribution is -0.145. The number of halogens is 1. The first-order chi connectivity index (χ1) is 4.68. The molecule has 0 bridgehead atoms. The van der Waals surface area contributed by atoms with Crippen molar-refractivity contribution in [2.24, 2.45) is 11.3 Å². The van der Waals surface area contributed by atoms with Gasteiger partial charge in [0.05, 0.1) is 0 Å². The van der Waals surface area contributed by atoms with Crippen LogP contribution < -0.4 is 0 Å². The first-order valence-electron chi connectivity index (χ1n) is 3.55. The van der Waals surface area contributed by atoms with Crippen LogP contribution in [-0.4, -0.2) is 17.2 Å². The summed E-state index contributed by atoms with van der Waals surface area (Å²) in [5, 5.41) is 8.64. The van der Waals surface area contributed by atoms with Gasteiger partial charge >= 0.3 is 5.97 Å². The zero-order valence-corrected chi connectivity index (χ0v) is 5.51. The molecule has 0 radical (unpaired) electrons. The number of carbonyl (C=O) groups is 1. The quantitative estimate of drug-likeness (QED) is 0.632. The molecule has 0 saturated heterocycles. The molecule has 2 atom stereocenters. The molecule has 0 aromatic heterocycles. The van der Waals surface area contributed by atoms with Crippen molar-refractivity contribution >= 4 is 5.97 Å². The summed E-state index contributed by atoms with van der Waals surface area (Å²) >= 11 is 0. The van der Waals surface area contributed by atoms with E-state index in [-0.39, 0.29) is 12.3 Å². The Morgan fingerprint density at radius 1 is 1.60 bits per heavy atom. The fourth-order valence-corrected chi connectivity index (χ4v) is 1.65. The van der Waals surface area contributed by atoms with Crippen molar-refractivity contribution in [3.63, 3.8) is 0 Å². The van der Waals surface area contributed by atoms with Gasteiger partial charge in [-0.15, -0.1) is 0 Å². The maximum Gasteiger partial charge on any atom is 0.313 e. The Hall–Kier alpha value is -0.600. The van der Waals surface area contributed by atoms with Crippen molar-refractivity contribution in [1.29, 1.82) is 0 Å². The van der Waals surface area contributed by atoms with Crippen molar-refractivity contribution in [3.05, 3.63) is 0 Å². The molecule has 2 fully saturated rings. The van der Waals surface area contributed by atoms with E-state index in [4.69, 9.17) is 5.11 Å². The summed E-state index contributed by atoms with van der Waals surface area (Å²) in [7, 11) is 0. The molecule has 2 aliphatic carbocycles. The van der Waals surface area contributed by atoms with Gasteiger partial charge in [0.2, 0.25) is 0 Å². The summed E-state index contributed by atoms with van der Waals surface area (Å²) in [6.45, 7) is 0. The zero-order valence-electron chi connectivity index (χ0n) is 5.51. The Morgan fingerprint density at radius 3 is 2.20 bits per heavy atom. The lowest BCUT2D eigenvalue weighted by atomic mass is 10.0. The molecule has 1 N–H and O–H groups in total. The summed E-state index contributed by atoms with van der Waals surface area (Å²) < 4.78 is 12.6. The third kappa shape index (κ3) is 0.554. The van der Waals surface area contributed by atoms with Gasteiger partial charge in [0.1, 0.15) is 11.6 Å². The van der Waals surface area contributed by atoms with E-state index in [2.05, 4.69) is 0 Å². The minimum absolute atomic E-state index is 0.153. The van der Waals surface area contributed by atoms with Crippen LogP contribution in [0.2, 0.25) is 0 Å². The number of alkyl halides is 1. The SMILES string of the molecule is O=C(O)[C@]1(C2CC2)C[C@H]1F. The molecule has 2 rings (SSSR count). The molecule has 2 nitrogen and oxygen atoms in total. The van der Waals surface area contributed by atoms with Crippen LogP contribution >= 0.6 is 0 Å². The molecule has 56 valence electrons. The minimum Gasteiger partial charge on any atom is -0.481 e. The fraction of sp³-hybridized carbons (Fsp3) is 0.857. The molecule has 2 aliphatic rings. The van der Waals surface area contributed by atoms with Gasteiger partial charge < -0.3 is 5.11 Å². The van der Waals surface area contributed by atoms with E-state index >= 15 is 0 Å². The second kappa shape index (κ2) is 1.52. The summed E-state index contributed by atoms with van der Waals surface area (Å²) in [6.07, 6.45) is 1.02. The average molecular weight is 144 g/mol. The van der Waals surface area contributed by atoms with E-state index in [9.17, 15) is 9.18 Å². The highest BCUT2D eigenvalue weighted by Gasteiger charge is 2.68. The van der Waals surface area contributed by atoms with Gasteiger partial charge in [0, 0.05) is 0 Å². The van der Waals surface area contributed by atoms with Gasteiger partial charge in [-0.2, -0.15) is 0 Å². The monoisotopic (exact) mass is 144 g/mol. The van der Waals surface area contributed by atoms with Crippen molar-refractivity contribution in [2.75, 3.05) is 0 Å². The molecule has 0 spiro atoms. The Morgan fingerprint density at radius 2 is 2.10 bits per heavy atom. The van der Waals surface area contributed by atoms with Crippen LogP contribution in [-0.2, 0) is 4.79 Å². The second-order valence-corrected chi connectivity index (χ2v) is 3.29. The van der Waals surface area contributed by atoms with Crippen LogP contribution in [0, 0.1) is 11.3 Å². The zero-order chi connectivity index (χ0) is 7.35. The Balaban J connectivity index is 2.16. The van der Waals surface area contributed by atoms with Gasteiger partial charge in [-0.25, -0.2) is 4.39 Å². The molecule has 0 amide bonds. The van der Waals surface area contributed by atoms with Crippen LogP contribution in [0.1, 0.15) is 19.3 Å². The van der Waals surface area contributed by atoms with E-state index in [1.165, 1.54) is 0 Å². The number of hydrogen-bond donors (Lipinski definition) is 1.